The molecule has 0 amide bonds. The number of hydrogen-bond acceptors (Lipinski definition) is 3. The van der Waals surface area contributed by atoms with Crippen molar-refractivity contribution < 1.29 is 0 Å². The molecule has 0 saturated carbocycles. The topological polar surface area (TPSA) is 6.48 Å². The zero-order valence-electron chi connectivity index (χ0n) is 55.3. The monoisotopic (exact) mass is 1130 g/mol. The summed E-state index contributed by atoms with van der Waals surface area (Å²) >= 11 is 2.15. The van der Waals surface area contributed by atoms with Crippen molar-refractivity contribution in [2.75, 3.05) is 9.80 Å². The van der Waals surface area contributed by atoms with E-state index in [0.717, 1.165) is 0 Å². The maximum Gasteiger partial charge on any atom is 0.253 e. The van der Waals surface area contributed by atoms with E-state index >= 15 is 0 Å². The number of thiophene rings is 1. The van der Waals surface area contributed by atoms with E-state index in [1.54, 1.807) is 21.5 Å². The maximum absolute atomic E-state index is 2.85. The highest BCUT2D eigenvalue weighted by Gasteiger charge is 2.53. The number of nitrogens with zero attached hydrogens (tertiary/aromatic N) is 2. The van der Waals surface area contributed by atoms with Crippen LogP contribution < -0.4 is 26.2 Å². The third-order valence-corrected chi connectivity index (χ3v) is 25.7. The SMILES string of the molecule is CC1(C)CCC(C)(C)c2cc(N3c4cc5c(cc4B4c6c3cc(-c3cc7c(cc3-c3ccccc3)C(C)(C)CCC7(C)C)cc6N(c3ccc6c(c3)C(C)(C)CCC6(C)C)c3sc6c(c34)C(C)(C)CCC6(C)C)C(C)(C)CCC5(C)C)ccc21. The molecule has 7 aromatic rings. The van der Waals surface area contributed by atoms with Gasteiger partial charge in [0, 0.05) is 33.3 Å². The minimum Gasteiger partial charge on any atom is -0.311 e. The zero-order valence-corrected chi connectivity index (χ0v) is 56.1. The number of fused-ring (bicyclic) bond motifs is 10. The Hall–Kier alpha value is -5.32. The van der Waals surface area contributed by atoms with Crippen LogP contribution in [0.2, 0.25) is 0 Å². The summed E-state index contributed by atoms with van der Waals surface area (Å²) in [6.45, 7) is 50.5. The zero-order chi connectivity index (χ0) is 59.8. The molecular formula is C80H97BN2S. The van der Waals surface area contributed by atoms with Crippen LogP contribution in [0.4, 0.5) is 33.4 Å². The Labute approximate surface area is 511 Å². The number of rotatable bonds is 4. The van der Waals surface area contributed by atoms with Crippen molar-refractivity contribution in [1.82, 2.24) is 0 Å². The Bertz CT molecular complexity index is 3940. The third-order valence-electron chi connectivity index (χ3n) is 24.1. The molecule has 0 fully saturated rings. The van der Waals surface area contributed by atoms with Crippen LogP contribution in [-0.4, -0.2) is 6.71 Å². The van der Waals surface area contributed by atoms with E-state index < -0.39 is 0 Å². The Morgan fingerprint density at radius 1 is 0.321 bits per heavy atom. The van der Waals surface area contributed by atoms with Gasteiger partial charge in [-0.1, -0.05) is 187 Å². The van der Waals surface area contributed by atoms with E-state index in [-0.39, 0.29) is 60.9 Å². The van der Waals surface area contributed by atoms with E-state index in [4.69, 9.17) is 0 Å². The molecule has 0 bridgehead atoms. The van der Waals surface area contributed by atoms with Gasteiger partial charge < -0.3 is 9.80 Å². The summed E-state index contributed by atoms with van der Waals surface area (Å²) in [5, 5.41) is 1.43. The highest BCUT2D eigenvalue weighted by atomic mass is 32.1. The first-order chi connectivity index (χ1) is 39.1. The molecule has 5 aliphatic carbocycles. The van der Waals surface area contributed by atoms with Gasteiger partial charge in [-0.25, -0.2) is 0 Å². The van der Waals surface area contributed by atoms with Crippen molar-refractivity contribution in [3.05, 3.63) is 158 Å². The lowest BCUT2D eigenvalue weighted by molar-refractivity contribution is 0.332. The average molecular weight is 1130 g/mol. The molecule has 2 aliphatic heterocycles. The highest BCUT2D eigenvalue weighted by Crippen LogP contribution is 2.59. The van der Waals surface area contributed by atoms with Crippen molar-refractivity contribution in [2.45, 2.75) is 257 Å². The minimum absolute atomic E-state index is 0.0158. The third kappa shape index (κ3) is 8.18. The molecule has 436 valence electrons. The fourth-order valence-electron chi connectivity index (χ4n) is 17.7. The fraction of sp³-hybridized carbons (Fsp3) is 0.500. The van der Waals surface area contributed by atoms with Gasteiger partial charge in [0.15, 0.2) is 0 Å². The van der Waals surface area contributed by atoms with Crippen molar-refractivity contribution in [3.63, 3.8) is 0 Å². The summed E-state index contributed by atoms with van der Waals surface area (Å²) in [5.74, 6) is 0. The summed E-state index contributed by atoms with van der Waals surface area (Å²) in [6, 6.07) is 43.3. The van der Waals surface area contributed by atoms with Gasteiger partial charge in [0.1, 0.15) is 0 Å². The second kappa shape index (κ2) is 17.7. The molecule has 0 saturated heterocycles. The van der Waals surface area contributed by atoms with Crippen LogP contribution in [0.25, 0.3) is 22.3 Å². The quantitative estimate of drug-likeness (QED) is 0.162. The lowest BCUT2D eigenvalue weighted by atomic mass is 9.32. The van der Waals surface area contributed by atoms with Gasteiger partial charge in [0.25, 0.3) is 6.71 Å². The average Bonchev–Trinajstić information content (AvgIpc) is 1.28. The summed E-state index contributed by atoms with van der Waals surface area (Å²) in [6.07, 6.45) is 11.8. The first-order valence-corrected chi connectivity index (χ1v) is 33.6. The number of hydrogen-bond donors (Lipinski definition) is 0. The Balaban J connectivity index is 1.18. The molecule has 0 spiro atoms. The Morgan fingerprint density at radius 3 is 1.19 bits per heavy atom. The van der Waals surface area contributed by atoms with Gasteiger partial charge in [-0.3, -0.25) is 0 Å². The first-order valence-electron chi connectivity index (χ1n) is 32.8. The Morgan fingerprint density at radius 2 is 0.702 bits per heavy atom. The van der Waals surface area contributed by atoms with E-state index in [9.17, 15) is 0 Å². The van der Waals surface area contributed by atoms with Gasteiger partial charge in [0.2, 0.25) is 0 Å². The molecule has 0 unspecified atom stereocenters. The largest absolute Gasteiger partial charge is 0.311 e. The van der Waals surface area contributed by atoms with Gasteiger partial charge in [-0.2, -0.15) is 0 Å². The van der Waals surface area contributed by atoms with Gasteiger partial charge in [0.05, 0.1) is 5.00 Å². The summed E-state index contributed by atoms with van der Waals surface area (Å²) in [5.41, 5.74) is 30.6. The molecule has 84 heavy (non-hydrogen) atoms. The second-order valence-electron chi connectivity index (χ2n) is 34.6. The summed E-state index contributed by atoms with van der Waals surface area (Å²) in [4.78, 5) is 7.27. The summed E-state index contributed by atoms with van der Waals surface area (Å²) in [7, 11) is 0. The molecule has 0 atom stereocenters. The predicted molar refractivity (Wildman–Crippen MR) is 366 cm³/mol. The van der Waals surface area contributed by atoms with Crippen LogP contribution in [0.3, 0.4) is 0 Å². The first kappa shape index (κ1) is 56.5. The molecule has 3 heterocycles. The fourth-order valence-corrected chi connectivity index (χ4v) is 19.4. The molecule has 7 aliphatic rings. The van der Waals surface area contributed by atoms with Crippen molar-refractivity contribution >= 4 is 67.9 Å². The lowest BCUT2D eigenvalue weighted by Crippen LogP contribution is -2.63. The standard InChI is InChI=1S/C80H97BN2S/c1-71(2)30-32-73(5,6)56-42-50(26-28-54(56)71)82-63-47-61-60(77(13,14)36-37-78(61,15)16)46-62(63)81-67-64(82)40-49(53-45-59-58(75(9,10)34-35-76(59,11)12)44-52(53)48-24-22-21-23-25-48)41-65(67)83(51-27-29-55-57(43-51)74(7,8)33-31-72(55,3)4)70-68(81)66-69(84-70)80(19,20)39-38-79(66,17)18/h21-29,40-47H,30-39H2,1-20H3. The normalized spacial score (nSPS) is 22.9. The van der Waals surface area contributed by atoms with Gasteiger partial charge >= 0.3 is 0 Å². The van der Waals surface area contributed by atoms with Crippen LogP contribution in [-0.2, 0) is 54.1 Å². The smallest absolute Gasteiger partial charge is 0.253 e. The molecule has 4 heteroatoms. The van der Waals surface area contributed by atoms with Crippen LogP contribution in [0, 0.1) is 0 Å². The molecular weight excluding hydrogens is 1030 g/mol. The van der Waals surface area contributed by atoms with Gasteiger partial charge in [-0.15, -0.1) is 11.3 Å². The maximum atomic E-state index is 2.85. The Kier molecular flexibility index (Phi) is 11.9. The van der Waals surface area contributed by atoms with Crippen LogP contribution in [0.1, 0.15) is 258 Å². The van der Waals surface area contributed by atoms with Gasteiger partial charge in [-0.05, 0) is 262 Å². The van der Waals surface area contributed by atoms with E-state index in [1.165, 1.54) is 170 Å². The molecule has 2 nitrogen and oxygen atoms in total. The van der Waals surface area contributed by atoms with Crippen LogP contribution >= 0.6 is 11.3 Å². The molecule has 0 N–H and O–H groups in total. The van der Waals surface area contributed by atoms with Crippen molar-refractivity contribution in [1.29, 1.82) is 0 Å². The minimum atomic E-state index is -0.0158. The molecule has 0 radical (unpaired) electrons. The lowest BCUT2D eigenvalue weighted by Gasteiger charge is -2.48. The van der Waals surface area contributed by atoms with Crippen LogP contribution in [0.15, 0.2) is 103 Å². The molecule has 14 rings (SSSR count). The summed E-state index contributed by atoms with van der Waals surface area (Å²) < 4.78 is 0. The van der Waals surface area contributed by atoms with Crippen molar-refractivity contribution in [3.8, 4) is 22.3 Å². The highest BCUT2D eigenvalue weighted by molar-refractivity contribution is 7.20. The van der Waals surface area contributed by atoms with E-state index in [0.29, 0.717) is 0 Å². The predicted octanol–water partition coefficient (Wildman–Crippen LogP) is 20.9. The number of benzene rings is 6. The molecule has 6 aromatic carbocycles. The van der Waals surface area contributed by atoms with Crippen LogP contribution in [0.5, 0.6) is 0 Å². The molecule has 1 aromatic heterocycles. The van der Waals surface area contributed by atoms with Crippen molar-refractivity contribution in [2.24, 2.45) is 0 Å². The number of anilines is 6. The van der Waals surface area contributed by atoms with E-state index in [1.807, 2.05) is 0 Å². The van der Waals surface area contributed by atoms with E-state index in [2.05, 4.69) is 263 Å². The second-order valence-corrected chi connectivity index (χ2v) is 35.6.